The number of H-pyrrole nitrogens is 1. The maximum atomic E-state index is 11.0. The van der Waals surface area contributed by atoms with Gasteiger partial charge in [-0.2, -0.15) is 5.10 Å². The number of nitrogens with zero attached hydrogens (tertiary/aromatic N) is 1. The summed E-state index contributed by atoms with van der Waals surface area (Å²) in [5, 5.41) is 6.10. The van der Waals surface area contributed by atoms with Crippen molar-refractivity contribution in [1.29, 1.82) is 0 Å². The maximum Gasteiger partial charge on any atom is 0.270 e. The summed E-state index contributed by atoms with van der Waals surface area (Å²) in [6.07, 6.45) is 0. The van der Waals surface area contributed by atoms with Gasteiger partial charge in [0.1, 0.15) is 11.4 Å². The third kappa shape index (κ3) is 1.24. The molecule has 4 heteroatoms. The van der Waals surface area contributed by atoms with Crippen LogP contribution in [0.1, 0.15) is 11.3 Å². The van der Waals surface area contributed by atoms with Crippen LogP contribution < -0.4 is 10.3 Å². The fourth-order valence-electron chi connectivity index (χ4n) is 0.945. The van der Waals surface area contributed by atoms with Gasteiger partial charge in [-0.1, -0.05) is 0 Å². The third-order valence-electron chi connectivity index (χ3n) is 1.54. The molecule has 1 aromatic rings. The largest absolute Gasteiger partial charge is 0.494 e. The predicted octanol–water partition coefficient (Wildman–Crippen LogP) is 0.395. The Balaban J connectivity index is 3.41. The average Bonchev–Trinajstić information content (AvgIpc) is 1.99. The number of methoxy groups -OCH3 is 1. The molecular formula is C7H10N2O2. The number of nitrogens with one attached hydrogen (secondary N) is 1. The van der Waals surface area contributed by atoms with Gasteiger partial charge in [0.2, 0.25) is 0 Å². The van der Waals surface area contributed by atoms with E-state index in [1.165, 1.54) is 7.11 Å². The van der Waals surface area contributed by atoms with Gasteiger partial charge in [0, 0.05) is 0 Å². The van der Waals surface area contributed by atoms with Crippen molar-refractivity contribution in [3.8, 4) is 5.75 Å². The third-order valence-corrected chi connectivity index (χ3v) is 1.54. The maximum absolute atomic E-state index is 11.0. The molecule has 0 aromatic carbocycles. The SMILES string of the molecule is COc1c(C)n[nH]c(=O)c1C. The topological polar surface area (TPSA) is 55.0 Å². The zero-order chi connectivity index (χ0) is 8.43. The summed E-state index contributed by atoms with van der Waals surface area (Å²) < 4.78 is 4.97. The zero-order valence-electron chi connectivity index (χ0n) is 6.76. The molecule has 0 fully saturated rings. The van der Waals surface area contributed by atoms with Crippen molar-refractivity contribution in [2.24, 2.45) is 0 Å². The van der Waals surface area contributed by atoms with E-state index in [0.29, 0.717) is 17.0 Å². The van der Waals surface area contributed by atoms with Crippen LogP contribution >= 0.6 is 0 Å². The van der Waals surface area contributed by atoms with E-state index in [0.717, 1.165) is 0 Å². The highest BCUT2D eigenvalue weighted by molar-refractivity contribution is 5.32. The lowest BCUT2D eigenvalue weighted by molar-refractivity contribution is 0.403. The number of aryl methyl sites for hydroxylation is 1. The summed E-state index contributed by atoms with van der Waals surface area (Å²) in [7, 11) is 1.52. The standard InChI is InChI=1S/C7H10N2O2/c1-4-6(11-3)5(2)8-9-7(4)10/h1-3H3,(H,9,10). The molecule has 0 spiro atoms. The van der Waals surface area contributed by atoms with Gasteiger partial charge in [0.15, 0.2) is 0 Å². The van der Waals surface area contributed by atoms with Gasteiger partial charge in [-0.25, -0.2) is 5.10 Å². The Bertz CT molecular complexity index is 317. The van der Waals surface area contributed by atoms with E-state index in [1.54, 1.807) is 13.8 Å². The van der Waals surface area contributed by atoms with Crippen LogP contribution in [0.25, 0.3) is 0 Å². The fourth-order valence-corrected chi connectivity index (χ4v) is 0.945. The summed E-state index contributed by atoms with van der Waals surface area (Å²) in [5.41, 5.74) is 1.07. The van der Waals surface area contributed by atoms with Gasteiger partial charge >= 0.3 is 0 Å². The Kier molecular flexibility index (Phi) is 1.94. The Morgan fingerprint density at radius 2 is 2.09 bits per heavy atom. The second-order valence-electron chi connectivity index (χ2n) is 2.30. The molecular weight excluding hydrogens is 144 g/mol. The minimum atomic E-state index is -0.201. The molecule has 0 bridgehead atoms. The Morgan fingerprint density at radius 3 is 2.55 bits per heavy atom. The zero-order valence-corrected chi connectivity index (χ0v) is 6.76. The number of aromatic nitrogens is 2. The van der Waals surface area contributed by atoms with Crippen LogP contribution in [0.5, 0.6) is 5.75 Å². The van der Waals surface area contributed by atoms with Crippen LogP contribution in [0, 0.1) is 13.8 Å². The van der Waals surface area contributed by atoms with Gasteiger partial charge in [0.25, 0.3) is 5.56 Å². The first-order chi connectivity index (χ1) is 5.16. The number of hydrogen-bond acceptors (Lipinski definition) is 3. The van der Waals surface area contributed by atoms with E-state index in [9.17, 15) is 4.79 Å². The highest BCUT2D eigenvalue weighted by atomic mass is 16.5. The van der Waals surface area contributed by atoms with Crippen molar-refractivity contribution in [2.75, 3.05) is 7.11 Å². The normalized spacial score (nSPS) is 9.73. The summed E-state index contributed by atoms with van der Waals surface area (Å²) in [6.45, 7) is 3.48. The van der Waals surface area contributed by atoms with E-state index >= 15 is 0 Å². The first kappa shape index (κ1) is 7.78. The lowest BCUT2D eigenvalue weighted by atomic mass is 10.2. The minimum absolute atomic E-state index is 0.201. The van der Waals surface area contributed by atoms with Crippen molar-refractivity contribution in [3.05, 3.63) is 21.6 Å². The molecule has 4 nitrogen and oxygen atoms in total. The van der Waals surface area contributed by atoms with Crippen molar-refractivity contribution in [3.63, 3.8) is 0 Å². The summed E-state index contributed by atoms with van der Waals surface area (Å²) in [6, 6.07) is 0. The highest BCUT2D eigenvalue weighted by Crippen LogP contribution is 2.14. The van der Waals surface area contributed by atoms with Crippen molar-refractivity contribution >= 4 is 0 Å². The van der Waals surface area contributed by atoms with Crippen LogP contribution in [0.4, 0.5) is 0 Å². The lowest BCUT2D eigenvalue weighted by Crippen LogP contribution is -2.14. The molecule has 11 heavy (non-hydrogen) atoms. The van der Waals surface area contributed by atoms with E-state index in [1.807, 2.05) is 0 Å². The van der Waals surface area contributed by atoms with Crippen LogP contribution in [0.3, 0.4) is 0 Å². The Labute approximate surface area is 64.2 Å². The molecule has 0 amide bonds. The fraction of sp³-hybridized carbons (Fsp3) is 0.429. The molecule has 0 saturated carbocycles. The number of rotatable bonds is 1. The minimum Gasteiger partial charge on any atom is -0.494 e. The number of aromatic amines is 1. The number of ether oxygens (including phenoxy) is 1. The summed E-state index contributed by atoms with van der Waals surface area (Å²) in [5.74, 6) is 0.564. The predicted molar refractivity (Wildman–Crippen MR) is 40.9 cm³/mol. The highest BCUT2D eigenvalue weighted by Gasteiger charge is 2.05. The Morgan fingerprint density at radius 1 is 1.45 bits per heavy atom. The molecule has 1 heterocycles. The van der Waals surface area contributed by atoms with Crippen LogP contribution in [0.2, 0.25) is 0 Å². The molecule has 0 aliphatic rings. The molecule has 0 atom stereocenters. The van der Waals surface area contributed by atoms with Gasteiger partial charge in [-0.05, 0) is 13.8 Å². The van der Waals surface area contributed by atoms with Crippen molar-refractivity contribution in [1.82, 2.24) is 10.2 Å². The summed E-state index contributed by atoms with van der Waals surface area (Å²) >= 11 is 0. The molecule has 0 unspecified atom stereocenters. The van der Waals surface area contributed by atoms with Gasteiger partial charge < -0.3 is 4.74 Å². The van der Waals surface area contributed by atoms with Gasteiger partial charge in [-0.15, -0.1) is 0 Å². The van der Waals surface area contributed by atoms with Crippen LogP contribution in [0.15, 0.2) is 4.79 Å². The van der Waals surface area contributed by atoms with E-state index in [-0.39, 0.29) is 5.56 Å². The van der Waals surface area contributed by atoms with Gasteiger partial charge in [-0.3, -0.25) is 4.79 Å². The molecule has 0 saturated heterocycles. The average molecular weight is 154 g/mol. The summed E-state index contributed by atoms with van der Waals surface area (Å²) in [4.78, 5) is 11.0. The van der Waals surface area contributed by atoms with Crippen molar-refractivity contribution in [2.45, 2.75) is 13.8 Å². The molecule has 0 aliphatic carbocycles. The van der Waals surface area contributed by atoms with Crippen LogP contribution in [-0.4, -0.2) is 17.3 Å². The van der Waals surface area contributed by atoms with Crippen LogP contribution in [-0.2, 0) is 0 Å². The van der Waals surface area contributed by atoms with E-state index < -0.39 is 0 Å². The van der Waals surface area contributed by atoms with E-state index in [2.05, 4.69) is 10.2 Å². The molecule has 1 aromatic heterocycles. The van der Waals surface area contributed by atoms with Crippen molar-refractivity contribution < 1.29 is 4.74 Å². The first-order valence-electron chi connectivity index (χ1n) is 3.26. The number of hydrogen-bond donors (Lipinski definition) is 1. The monoisotopic (exact) mass is 154 g/mol. The second kappa shape index (κ2) is 2.74. The molecule has 0 radical (unpaired) electrons. The quantitative estimate of drug-likeness (QED) is 0.636. The lowest BCUT2D eigenvalue weighted by Gasteiger charge is -2.04. The first-order valence-corrected chi connectivity index (χ1v) is 3.26. The smallest absolute Gasteiger partial charge is 0.270 e. The van der Waals surface area contributed by atoms with Gasteiger partial charge in [0.05, 0.1) is 12.7 Å². The molecule has 60 valence electrons. The van der Waals surface area contributed by atoms with E-state index in [4.69, 9.17) is 4.74 Å². The molecule has 1 rings (SSSR count). The molecule has 1 N–H and O–H groups in total. The molecule has 0 aliphatic heterocycles. The Hall–Kier alpha value is -1.32. The second-order valence-corrected chi connectivity index (χ2v) is 2.30.